The van der Waals surface area contributed by atoms with Crippen LogP contribution in [0.1, 0.15) is 0 Å². The van der Waals surface area contributed by atoms with Crippen molar-refractivity contribution in [1.82, 2.24) is 0 Å². The molecule has 0 aromatic carbocycles. The second-order valence-corrected chi connectivity index (χ2v) is 5.89. The van der Waals surface area contributed by atoms with Gasteiger partial charge in [-0.25, -0.2) is 0 Å². The summed E-state index contributed by atoms with van der Waals surface area (Å²) < 4.78 is 11.0. The molecular formula is C4HOP2. The molecule has 2 atom stereocenters. The summed E-state index contributed by atoms with van der Waals surface area (Å²) in [6.07, 6.45) is 0. The number of hydrogen-bond acceptors (Lipinski definition) is 1. The Hall–Kier alpha value is 0.01000. The van der Waals surface area contributed by atoms with Gasteiger partial charge in [-0.2, -0.15) is 0 Å². The highest BCUT2D eigenvalue weighted by Crippen LogP contribution is 2.69. The molecule has 7 heavy (non-hydrogen) atoms. The van der Waals surface area contributed by atoms with Gasteiger partial charge in [0.05, 0.1) is 0 Å². The minimum absolute atomic E-state index is 0.694. The van der Waals surface area contributed by atoms with Crippen molar-refractivity contribution in [2.24, 2.45) is 0 Å². The van der Waals surface area contributed by atoms with Gasteiger partial charge in [-0.05, 0) is 0 Å². The summed E-state index contributed by atoms with van der Waals surface area (Å²) in [5.74, 6) is 3.08. The Balaban J connectivity index is 2.90. The van der Waals surface area contributed by atoms with E-state index in [0.29, 0.717) is 8.19 Å². The van der Waals surface area contributed by atoms with E-state index in [4.69, 9.17) is 0 Å². The van der Waals surface area contributed by atoms with Gasteiger partial charge in [0, 0.05) is 21.4 Å². The molecule has 3 aliphatic heterocycles. The van der Waals surface area contributed by atoms with Crippen molar-refractivity contribution >= 4 is 31.0 Å². The predicted octanol–water partition coefficient (Wildman–Crippen LogP) is -0.216. The molecule has 0 saturated heterocycles. The lowest BCUT2D eigenvalue weighted by atomic mass is 10.7. The number of fused-ring (bicyclic) bond motifs is 1. The van der Waals surface area contributed by atoms with Crippen molar-refractivity contribution in [3.8, 4) is 0 Å². The minimum Gasteiger partial charge on any atom is -0.308 e. The molecule has 1 nitrogen and oxygen atoms in total. The van der Waals surface area contributed by atoms with Crippen LogP contribution in [0, 0.1) is 5.80 Å². The van der Waals surface area contributed by atoms with Crippen molar-refractivity contribution in [1.29, 1.82) is 0 Å². The SMILES string of the molecule is O=P12c3[c][pH]c1c32. The molecular weight excluding hydrogens is 126 g/mol. The smallest absolute Gasteiger partial charge is 0.178 e. The van der Waals surface area contributed by atoms with Crippen LogP contribution < -0.4 is 15.6 Å². The predicted molar refractivity (Wildman–Crippen MR) is 31.3 cm³/mol. The molecule has 0 saturated carbocycles. The highest BCUT2D eigenvalue weighted by atomic mass is 31.2. The second kappa shape index (κ2) is 0.521. The number of hydrogen-bond donors (Lipinski definition) is 0. The third-order valence-corrected chi connectivity index (χ3v) is 6.60. The van der Waals surface area contributed by atoms with Gasteiger partial charge in [-0.1, -0.05) is 0 Å². The van der Waals surface area contributed by atoms with Crippen LogP contribution in [0.4, 0.5) is 0 Å². The molecule has 2 bridgehead atoms. The van der Waals surface area contributed by atoms with Crippen molar-refractivity contribution in [3.63, 3.8) is 0 Å². The van der Waals surface area contributed by atoms with Crippen molar-refractivity contribution in [2.75, 3.05) is 0 Å². The van der Waals surface area contributed by atoms with Crippen LogP contribution in [0.3, 0.4) is 0 Å². The quantitative estimate of drug-likeness (QED) is 0.381. The van der Waals surface area contributed by atoms with E-state index in [-0.39, 0.29) is 0 Å². The maximum atomic E-state index is 11.0. The molecule has 1 aromatic rings. The Kier molecular flexibility index (Phi) is 0.232. The van der Waals surface area contributed by atoms with Gasteiger partial charge in [0.15, 0.2) is 7.14 Å². The van der Waals surface area contributed by atoms with E-state index in [1.807, 2.05) is 0 Å². The molecule has 2 unspecified atom stereocenters. The van der Waals surface area contributed by atoms with E-state index in [2.05, 4.69) is 5.80 Å². The fourth-order valence-electron chi connectivity index (χ4n) is 1.03. The Morgan fingerprint density at radius 1 is 1.71 bits per heavy atom. The van der Waals surface area contributed by atoms with Gasteiger partial charge < -0.3 is 4.57 Å². The summed E-state index contributed by atoms with van der Waals surface area (Å²) in [4.78, 5) is 0. The van der Waals surface area contributed by atoms with E-state index < -0.39 is 7.14 Å². The maximum Gasteiger partial charge on any atom is 0.178 e. The summed E-state index contributed by atoms with van der Waals surface area (Å²) in [6.45, 7) is 0. The van der Waals surface area contributed by atoms with Gasteiger partial charge in [0.2, 0.25) is 0 Å². The molecule has 4 heterocycles. The first-order valence-corrected chi connectivity index (χ1v) is 4.81. The Morgan fingerprint density at radius 3 is 2.57 bits per heavy atom. The molecule has 0 aliphatic carbocycles. The van der Waals surface area contributed by atoms with Crippen molar-refractivity contribution < 1.29 is 4.57 Å². The minimum atomic E-state index is -1.64. The van der Waals surface area contributed by atoms with E-state index in [0.717, 1.165) is 5.30 Å². The van der Waals surface area contributed by atoms with Crippen LogP contribution in [0.2, 0.25) is 0 Å². The molecule has 3 heteroatoms. The fraction of sp³-hybridized carbons (Fsp3) is 0. The van der Waals surface area contributed by atoms with Crippen molar-refractivity contribution in [3.05, 3.63) is 5.80 Å². The van der Waals surface area contributed by atoms with Crippen LogP contribution in [-0.2, 0) is 4.57 Å². The van der Waals surface area contributed by atoms with Gasteiger partial charge in [-0.3, -0.25) is 0 Å². The van der Waals surface area contributed by atoms with Gasteiger partial charge >= 0.3 is 0 Å². The van der Waals surface area contributed by atoms with Gasteiger partial charge in [-0.15, -0.1) is 8.19 Å². The first-order chi connectivity index (χ1) is 3.35. The zero-order valence-electron chi connectivity index (χ0n) is 3.36. The monoisotopic (exact) mass is 127 g/mol. The van der Waals surface area contributed by atoms with E-state index in [1.54, 1.807) is 0 Å². The average Bonchev–Trinajstić information content (AvgIpc) is 2.38. The summed E-state index contributed by atoms with van der Waals surface area (Å²) in [5.41, 5.74) is 0. The molecule has 33 valence electrons. The maximum absolute atomic E-state index is 11.0. The third-order valence-electron chi connectivity index (χ3n) is 1.59. The van der Waals surface area contributed by atoms with Crippen molar-refractivity contribution in [2.45, 2.75) is 0 Å². The summed E-state index contributed by atoms with van der Waals surface area (Å²) in [5, 5.41) is 3.61. The lowest BCUT2D eigenvalue weighted by Gasteiger charge is -1.64. The molecule has 1 aromatic heterocycles. The lowest BCUT2D eigenvalue weighted by molar-refractivity contribution is 0.598. The second-order valence-electron chi connectivity index (χ2n) is 1.91. The lowest BCUT2D eigenvalue weighted by Crippen LogP contribution is -1.92. The Labute approximate surface area is 42.2 Å². The van der Waals surface area contributed by atoms with Crippen LogP contribution in [0.5, 0.6) is 0 Å². The van der Waals surface area contributed by atoms with Crippen LogP contribution >= 0.6 is 15.3 Å². The highest BCUT2D eigenvalue weighted by Gasteiger charge is 2.67. The summed E-state index contributed by atoms with van der Waals surface area (Å²) in [7, 11) is -0.948. The average molecular weight is 127 g/mol. The summed E-state index contributed by atoms with van der Waals surface area (Å²) >= 11 is 0. The standard InChI is InChI=1S/C4HOP2/c5-7-2-1-6-4(7)3(2)7/h6H. The topological polar surface area (TPSA) is 17.1 Å². The molecule has 0 N–H and O–H groups in total. The molecule has 4 rings (SSSR count). The normalized spacial score (nSPS) is 38.9. The van der Waals surface area contributed by atoms with Crippen LogP contribution in [-0.4, -0.2) is 0 Å². The largest absolute Gasteiger partial charge is 0.308 e. The summed E-state index contributed by atoms with van der Waals surface area (Å²) in [6, 6.07) is 0. The van der Waals surface area contributed by atoms with Gasteiger partial charge in [0.25, 0.3) is 0 Å². The van der Waals surface area contributed by atoms with Crippen LogP contribution in [0.15, 0.2) is 0 Å². The third kappa shape index (κ3) is 0.132. The first-order valence-electron chi connectivity index (χ1n) is 2.10. The Morgan fingerprint density at radius 2 is 2.43 bits per heavy atom. The molecule has 0 spiro atoms. The van der Waals surface area contributed by atoms with Crippen LogP contribution in [0.25, 0.3) is 0 Å². The first kappa shape index (κ1) is 3.12. The fourth-order valence-corrected chi connectivity index (χ4v) is 6.38. The van der Waals surface area contributed by atoms with E-state index in [9.17, 15) is 4.57 Å². The molecule has 0 amide bonds. The van der Waals surface area contributed by atoms with Gasteiger partial charge in [0.1, 0.15) is 0 Å². The molecule has 1 radical (unpaired) electrons. The van der Waals surface area contributed by atoms with E-state index >= 15 is 0 Å². The highest BCUT2D eigenvalue weighted by molar-refractivity contribution is 8.12. The zero-order valence-corrected chi connectivity index (χ0v) is 5.25. The molecule has 3 aliphatic rings. The zero-order chi connectivity index (χ0) is 4.65. The number of rotatable bonds is 0. The molecule has 0 fully saturated rings. The Bertz CT molecular complexity index is 270. The van der Waals surface area contributed by atoms with E-state index in [1.165, 1.54) is 10.3 Å².